The van der Waals surface area contributed by atoms with E-state index >= 15 is 0 Å². The summed E-state index contributed by atoms with van der Waals surface area (Å²) in [6.07, 6.45) is 0.631. The third kappa shape index (κ3) is 3.07. The standard InChI is InChI=1S/C14H14N2O2/c17-16(18)14-9-5-4-6-12(14)10-11-15-13-7-2-1-3-8-13/h1-9,15H,10-11H2. The third-order valence-corrected chi connectivity index (χ3v) is 2.69. The van der Waals surface area contributed by atoms with Crippen LogP contribution in [0.2, 0.25) is 0 Å². The number of nitro groups is 1. The van der Waals surface area contributed by atoms with Crippen molar-refractivity contribution < 1.29 is 4.92 Å². The first-order chi connectivity index (χ1) is 8.77. The molecule has 4 nitrogen and oxygen atoms in total. The predicted molar refractivity (Wildman–Crippen MR) is 71.7 cm³/mol. The molecule has 0 fully saturated rings. The molecule has 0 amide bonds. The maximum absolute atomic E-state index is 10.8. The van der Waals surface area contributed by atoms with Crippen LogP contribution in [0, 0.1) is 10.1 Å². The molecule has 0 unspecified atom stereocenters. The van der Waals surface area contributed by atoms with Gasteiger partial charge in [0, 0.05) is 23.9 Å². The zero-order valence-electron chi connectivity index (χ0n) is 9.87. The summed E-state index contributed by atoms with van der Waals surface area (Å²) in [6.45, 7) is 0.675. The van der Waals surface area contributed by atoms with Gasteiger partial charge in [0.15, 0.2) is 0 Å². The summed E-state index contributed by atoms with van der Waals surface area (Å²) >= 11 is 0. The number of anilines is 1. The van der Waals surface area contributed by atoms with Gasteiger partial charge in [-0.25, -0.2) is 0 Å². The van der Waals surface area contributed by atoms with E-state index in [1.54, 1.807) is 12.1 Å². The fourth-order valence-electron chi connectivity index (χ4n) is 1.80. The molecule has 0 heterocycles. The van der Waals surface area contributed by atoms with Crippen molar-refractivity contribution in [1.29, 1.82) is 0 Å². The largest absolute Gasteiger partial charge is 0.385 e. The van der Waals surface area contributed by atoms with Crippen LogP contribution in [0.15, 0.2) is 54.6 Å². The average Bonchev–Trinajstić information content (AvgIpc) is 2.40. The zero-order chi connectivity index (χ0) is 12.8. The van der Waals surface area contributed by atoms with Gasteiger partial charge in [0.25, 0.3) is 5.69 Å². The van der Waals surface area contributed by atoms with E-state index in [0.717, 1.165) is 11.3 Å². The lowest BCUT2D eigenvalue weighted by Gasteiger charge is -2.06. The topological polar surface area (TPSA) is 55.2 Å². The van der Waals surface area contributed by atoms with Crippen molar-refractivity contribution in [2.45, 2.75) is 6.42 Å². The Bertz CT molecular complexity index is 526. The second-order valence-corrected chi connectivity index (χ2v) is 3.93. The van der Waals surface area contributed by atoms with Crippen LogP contribution in [0.3, 0.4) is 0 Å². The fraction of sp³-hybridized carbons (Fsp3) is 0.143. The van der Waals surface area contributed by atoms with Crippen LogP contribution in [0.5, 0.6) is 0 Å². The molecule has 0 aliphatic rings. The van der Waals surface area contributed by atoms with Gasteiger partial charge < -0.3 is 5.32 Å². The van der Waals surface area contributed by atoms with Gasteiger partial charge in [-0.2, -0.15) is 0 Å². The van der Waals surface area contributed by atoms with Crippen molar-refractivity contribution in [2.24, 2.45) is 0 Å². The minimum atomic E-state index is -0.335. The molecule has 0 aliphatic heterocycles. The highest BCUT2D eigenvalue weighted by Gasteiger charge is 2.11. The second kappa shape index (κ2) is 5.82. The van der Waals surface area contributed by atoms with E-state index in [-0.39, 0.29) is 10.6 Å². The first-order valence-electron chi connectivity index (χ1n) is 5.78. The number of para-hydroxylation sites is 2. The summed E-state index contributed by atoms with van der Waals surface area (Å²) in [7, 11) is 0. The Kier molecular flexibility index (Phi) is 3.91. The summed E-state index contributed by atoms with van der Waals surface area (Å²) in [4.78, 5) is 10.5. The van der Waals surface area contributed by atoms with Crippen LogP contribution in [0.1, 0.15) is 5.56 Å². The van der Waals surface area contributed by atoms with Crippen molar-refractivity contribution in [3.8, 4) is 0 Å². The Labute approximate surface area is 105 Å². The summed E-state index contributed by atoms with van der Waals surface area (Å²) in [6, 6.07) is 16.6. The number of nitrogens with zero attached hydrogens (tertiary/aromatic N) is 1. The highest BCUT2D eigenvalue weighted by molar-refractivity contribution is 5.44. The summed E-state index contributed by atoms with van der Waals surface area (Å²) < 4.78 is 0. The van der Waals surface area contributed by atoms with Gasteiger partial charge in [0.1, 0.15) is 0 Å². The Hall–Kier alpha value is -2.36. The van der Waals surface area contributed by atoms with E-state index in [1.165, 1.54) is 6.07 Å². The lowest BCUT2D eigenvalue weighted by Crippen LogP contribution is -2.06. The van der Waals surface area contributed by atoms with Crippen molar-refractivity contribution in [2.75, 3.05) is 11.9 Å². The summed E-state index contributed by atoms with van der Waals surface area (Å²) in [5.41, 5.74) is 1.97. The van der Waals surface area contributed by atoms with Crippen molar-refractivity contribution in [3.63, 3.8) is 0 Å². The molecular weight excluding hydrogens is 228 g/mol. The molecule has 0 atom stereocenters. The first-order valence-corrected chi connectivity index (χ1v) is 5.78. The number of benzene rings is 2. The highest BCUT2D eigenvalue weighted by atomic mass is 16.6. The predicted octanol–water partition coefficient (Wildman–Crippen LogP) is 3.25. The lowest BCUT2D eigenvalue weighted by molar-refractivity contribution is -0.385. The van der Waals surface area contributed by atoms with Crippen molar-refractivity contribution >= 4 is 11.4 Å². The highest BCUT2D eigenvalue weighted by Crippen LogP contribution is 2.18. The van der Waals surface area contributed by atoms with Gasteiger partial charge in [-0.3, -0.25) is 10.1 Å². The summed E-state index contributed by atoms with van der Waals surface area (Å²) in [5, 5.41) is 14.1. The Morgan fingerprint density at radius 3 is 2.39 bits per heavy atom. The van der Waals surface area contributed by atoms with Gasteiger partial charge in [-0.15, -0.1) is 0 Å². The number of hydrogen-bond acceptors (Lipinski definition) is 3. The minimum Gasteiger partial charge on any atom is -0.385 e. The normalized spacial score (nSPS) is 10.0. The molecule has 2 rings (SSSR count). The second-order valence-electron chi connectivity index (χ2n) is 3.93. The maximum Gasteiger partial charge on any atom is 0.272 e. The Morgan fingerprint density at radius 1 is 1.00 bits per heavy atom. The van der Waals surface area contributed by atoms with Gasteiger partial charge >= 0.3 is 0 Å². The minimum absolute atomic E-state index is 0.187. The lowest BCUT2D eigenvalue weighted by atomic mass is 10.1. The number of hydrogen-bond donors (Lipinski definition) is 1. The Balaban J connectivity index is 1.97. The molecule has 4 heteroatoms. The van der Waals surface area contributed by atoms with Crippen molar-refractivity contribution in [1.82, 2.24) is 0 Å². The first kappa shape index (κ1) is 12.1. The molecule has 18 heavy (non-hydrogen) atoms. The molecule has 1 N–H and O–H groups in total. The molecule has 2 aromatic carbocycles. The van der Waals surface area contributed by atoms with Crippen LogP contribution in [0.25, 0.3) is 0 Å². The van der Waals surface area contributed by atoms with Gasteiger partial charge in [-0.05, 0) is 18.6 Å². The number of nitro benzene ring substituents is 1. The smallest absolute Gasteiger partial charge is 0.272 e. The fourth-order valence-corrected chi connectivity index (χ4v) is 1.80. The van der Waals surface area contributed by atoms with Crippen LogP contribution in [0.4, 0.5) is 11.4 Å². The molecule has 0 aliphatic carbocycles. The molecule has 0 bridgehead atoms. The van der Waals surface area contributed by atoms with E-state index < -0.39 is 0 Å². The number of nitrogens with one attached hydrogen (secondary N) is 1. The van der Waals surface area contributed by atoms with Crippen LogP contribution in [-0.2, 0) is 6.42 Å². The number of rotatable bonds is 5. The van der Waals surface area contributed by atoms with E-state index in [4.69, 9.17) is 0 Å². The van der Waals surface area contributed by atoms with E-state index in [2.05, 4.69) is 5.32 Å². The Morgan fingerprint density at radius 2 is 1.67 bits per heavy atom. The molecule has 0 spiro atoms. The third-order valence-electron chi connectivity index (χ3n) is 2.69. The molecule has 2 aromatic rings. The van der Waals surface area contributed by atoms with Crippen LogP contribution in [-0.4, -0.2) is 11.5 Å². The molecule has 92 valence electrons. The van der Waals surface area contributed by atoms with Gasteiger partial charge in [-0.1, -0.05) is 36.4 Å². The molecule has 0 radical (unpaired) electrons. The molecule has 0 saturated heterocycles. The molecule has 0 aromatic heterocycles. The SMILES string of the molecule is O=[N+]([O-])c1ccccc1CCNc1ccccc1. The zero-order valence-corrected chi connectivity index (χ0v) is 9.87. The van der Waals surface area contributed by atoms with E-state index in [0.29, 0.717) is 13.0 Å². The van der Waals surface area contributed by atoms with Gasteiger partial charge in [0.05, 0.1) is 4.92 Å². The van der Waals surface area contributed by atoms with Crippen LogP contribution < -0.4 is 5.32 Å². The van der Waals surface area contributed by atoms with Crippen molar-refractivity contribution in [3.05, 3.63) is 70.3 Å². The summed E-state index contributed by atoms with van der Waals surface area (Å²) in [5.74, 6) is 0. The average molecular weight is 242 g/mol. The molecule has 0 saturated carbocycles. The monoisotopic (exact) mass is 242 g/mol. The quantitative estimate of drug-likeness (QED) is 0.646. The van der Waals surface area contributed by atoms with Gasteiger partial charge in [0.2, 0.25) is 0 Å². The van der Waals surface area contributed by atoms with Crippen LogP contribution >= 0.6 is 0 Å². The molecular formula is C14H14N2O2. The van der Waals surface area contributed by atoms with E-state index in [9.17, 15) is 10.1 Å². The maximum atomic E-state index is 10.8. The van der Waals surface area contributed by atoms with E-state index in [1.807, 2.05) is 36.4 Å².